The number of hydrogen-bond acceptors (Lipinski definition) is 5. The smallest absolute Gasteiger partial charge is 0.343 e. The zero-order valence-electron chi connectivity index (χ0n) is 16.5. The van der Waals surface area contributed by atoms with Gasteiger partial charge in [-0.15, -0.1) is 0 Å². The summed E-state index contributed by atoms with van der Waals surface area (Å²) in [6.07, 6.45) is 3.08. The van der Waals surface area contributed by atoms with Gasteiger partial charge in [0.2, 0.25) is 11.8 Å². The van der Waals surface area contributed by atoms with Gasteiger partial charge in [-0.25, -0.2) is 4.79 Å². The van der Waals surface area contributed by atoms with E-state index in [1.807, 2.05) is 0 Å². The van der Waals surface area contributed by atoms with Crippen LogP contribution in [-0.2, 0) is 9.59 Å². The first kappa shape index (κ1) is 18.7. The molecule has 1 heterocycles. The first-order valence-corrected chi connectivity index (χ1v) is 10.2. The highest BCUT2D eigenvalue weighted by molar-refractivity contribution is 6.22. The molecular weight excluding hydrogens is 382 g/mol. The SMILES string of the molecule is CC(=O)c1ccc(OC(=O)c2ccc(N3C(=O)[C@H]4[C@H]5CC[C@@H](C5)[C@@H]4C3=O)cc2)cc1. The molecule has 2 aliphatic carbocycles. The number of fused-ring (bicyclic) bond motifs is 5. The van der Waals surface area contributed by atoms with E-state index in [0.717, 1.165) is 19.3 Å². The second-order valence-corrected chi connectivity index (χ2v) is 8.41. The van der Waals surface area contributed by atoms with Crippen molar-refractivity contribution in [1.82, 2.24) is 0 Å². The van der Waals surface area contributed by atoms with Gasteiger partial charge in [-0.2, -0.15) is 0 Å². The van der Waals surface area contributed by atoms with E-state index in [1.165, 1.54) is 11.8 Å². The summed E-state index contributed by atoms with van der Waals surface area (Å²) in [5.41, 5.74) is 1.35. The average molecular weight is 403 g/mol. The van der Waals surface area contributed by atoms with Gasteiger partial charge in [0.25, 0.3) is 0 Å². The number of carbonyl (C=O) groups excluding carboxylic acids is 4. The Bertz CT molecular complexity index is 1030. The summed E-state index contributed by atoms with van der Waals surface area (Å²) in [7, 11) is 0. The van der Waals surface area contributed by atoms with Crippen molar-refractivity contribution in [3.8, 4) is 5.75 Å². The summed E-state index contributed by atoms with van der Waals surface area (Å²) in [6, 6.07) is 12.7. The Morgan fingerprint density at radius 2 is 1.37 bits per heavy atom. The van der Waals surface area contributed by atoms with Gasteiger partial charge in [-0.3, -0.25) is 19.3 Å². The van der Waals surface area contributed by atoms with E-state index in [9.17, 15) is 19.2 Å². The predicted molar refractivity (Wildman–Crippen MR) is 108 cm³/mol. The molecule has 3 aliphatic rings. The number of imide groups is 1. The minimum atomic E-state index is -0.550. The quantitative estimate of drug-likeness (QED) is 0.337. The lowest BCUT2D eigenvalue weighted by Crippen LogP contribution is -2.32. The molecule has 1 aliphatic heterocycles. The minimum Gasteiger partial charge on any atom is -0.423 e. The number of amides is 2. The number of esters is 1. The third-order valence-corrected chi connectivity index (χ3v) is 6.76. The molecule has 6 heteroatoms. The molecule has 0 aromatic heterocycles. The maximum atomic E-state index is 12.9. The number of hydrogen-bond donors (Lipinski definition) is 0. The van der Waals surface area contributed by atoms with Crippen LogP contribution in [0.3, 0.4) is 0 Å². The molecule has 2 amide bonds. The summed E-state index contributed by atoms with van der Waals surface area (Å²) in [6.45, 7) is 1.47. The molecule has 6 nitrogen and oxygen atoms in total. The zero-order chi connectivity index (χ0) is 21.0. The number of Topliss-reactive ketones (excluding diaryl/α,β-unsaturated/α-hetero) is 1. The Morgan fingerprint density at radius 3 is 1.90 bits per heavy atom. The van der Waals surface area contributed by atoms with Crippen molar-refractivity contribution < 1.29 is 23.9 Å². The third kappa shape index (κ3) is 2.86. The highest BCUT2D eigenvalue weighted by atomic mass is 16.5. The lowest BCUT2D eigenvalue weighted by Gasteiger charge is -2.19. The highest BCUT2D eigenvalue weighted by Gasteiger charge is 2.61. The number of nitrogens with zero attached hydrogens (tertiary/aromatic N) is 1. The fourth-order valence-electron chi connectivity index (χ4n) is 5.33. The number of anilines is 1. The first-order chi connectivity index (χ1) is 14.4. The largest absolute Gasteiger partial charge is 0.423 e. The van der Waals surface area contributed by atoms with E-state index in [4.69, 9.17) is 4.74 Å². The van der Waals surface area contributed by atoms with Crippen LogP contribution in [-0.4, -0.2) is 23.6 Å². The maximum absolute atomic E-state index is 12.9. The molecule has 0 N–H and O–H groups in total. The Morgan fingerprint density at radius 1 is 0.833 bits per heavy atom. The Hall–Kier alpha value is -3.28. The van der Waals surface area contributed by atoms with E-state index in [-0.39, 0.29) is 29.4 Å². The molecule has 30 heavy (non-hydrogen) atoms. The van der Waals surface area contributed by atoms with Crippen molar-refractivity contribution in [2.75, 3.05) is 4.90 Å². The molecule has 4 atom stereocenters. The van der Waals surface area contributed by atoms with Crippen LogP contribution >= 0.6 is 0 Å². The predicted octanol–water partition coefficient (Wildman–Crippen LogP) is 3.64. The molecular formula is C24H21NO5. The van der Waals surface area contributed by atoms with Gasteiger partial charge in [-0.1, -0.05) is 0 Å². The molecule has 0 unspecified atom stereocenters. The van der Waals surface area contributed by atoms with Gasteiger partial charge in [0.05, 0.1) is 23.1 Å². The molecule has 2 aromatic rings. The Balaban J connectivity index is 1.31. The topological polar surface area (TPSA) is 80.8 Å². The Kier molecular flexibility index (Phi) is 4.31. The number of rotatable bonds is 4. The molecule has 152 valence electrons. The number of ketones is 1. The molecule has 2 bridgehead atoms. The highest BCUT2D eigenvalue weighted by Crippen LogP contribution is 2.56. The summed E-state index contributed by atoms with van der Waals surface area (Å²) >= 11 is 0. The van der Waals surface area contributed by atoms with Gasteiger partial charge in [-0.05, 0) is 86.6 Å². The molecule has 2 saturated carbocycles. The van der Waals surface area contributed by atoms with Crippen LogP contribution in [0.25, 0.3) is 0 Å². The summed E-state index contributed by atoms with van der Waals surface area (Å²) in [5.74, 6) is -0.135. The van der Waals surface area contributed by atoms with Gasteiger partial charge < -0.3 is 4.74 Å². The zero-order valence-corrected chi connectivity index (χ0v) is 16.5. The summed E-state index contributed by atoms with van der Waals surface area (Å²) in [5, 5.41) is 0. The lowest BCUT2D eigenvalue weighted by molar-refractivity contribution is -0.123. The Labute approximate surface area is 173 Å². The fourth-order valence-corrected chi connectivity index (χ4v) is 5.33. The van der Waals surface area contributed by atoms with E-state index in [2.05, 4.69) is 0 Å². The van der Waals surface area contributed by atoms with E-state index >= 15 is 0 Å². The van der Waals surface area contributed by atoms with Crippen LogP contribution in [0.4, 0.5) is 5.69 Å². The molecule has 3 fully saturated rings. The van der Waals surface area contributed by atoms with Crippen molar-refractivity contribution in [3.05, 3.63) is 59.7 Å². The van der Waals surface area contributed by atoms with E-state index in [0.29, 0.717) is 34.4 Å². The van der Waals surface area contributed by atoms with Crippen LogP contribution in [0.2, 0.25) is 0 Å². The second-order valence-electron chi connectivity index (χ2n) is 8.41. The van der Waals surface area contributed by atoms with Crippen molar-refractivity contribution in [3.63, 3.8) is 0 Å². The van der Waals surface area contributed by atoms with Gasteiger partial charge in [0, 0.05) is 5.56 Å². The third-order valence-electron chi connectivity index (χ3n) is 6.76. The standard InChI is InChI=1S/C24H21NO5/c1-13(26)14-6-10-19(11-7-14)30-24(29)15-4-8-18(9-5-15)25-22(27)20-16-2-3-17(12-16)21(20)23(25)28/h4-11,16-17,20-21H,2-3,12H2,1H3/t16-,17-,20-,21-/m0/s1. The van der Waals surface area contributed by atoms with Crippen LogP contribution < -0.4 is 9.64 Å². The second kappa shape index (κ2) is 6.90. The van der Waals surface area contributed by atoms with Crippen molar-refractivity contribution in [2.24, 2.45) is 23.7 Å². The normalized spacial score (nSPS) is 26.8. The van der Waals surface area contributed by atoms with Gasteiger partial charge in [0.15, 0.2) is 5.78 Å². The molecule has 0 radical (unpaired) electrons. The monoisotopic (exact) mass is 403 g/mol. The molecule has 0 spiro atoms. The van der Waals surface area contributed by atoms with Gasteiger partial charge in [0.1, 0.15) is 5.75 Å². The van der Waals surface area contributed by atoms with Crippen LogP contribution in [0.5, 0.6) is 5.75 Å². The van der Waals surface area contributed by atoms with Crippen LogP contribution in [0, 0.1) is 23.7 Å². The fraction of sp³-hybridized carbons (Fsp3) is 0.333. The molecule has 1 saturated heterocycles. The molecule has 2 aromatic carbocycles. The van der Waals surface area contributed by atoms with E-state index in [1.54, 1.807) is 48.5 Å². The number of benzene rings is 2. The summed E-state index contributed by atoms with van der Waals surface area (Å²) in [4.78, 5) is 50.9. The average Bonchev–Trinajstić information content (AvgIpc) is 3.42. The van der Waals surface area contributed by atoms with Gasteiger partial charge >= 0.3 is 5.97 Å². The van der Waals surface area contributed by atoms with E-state index < -0.39 is 5.97 Å². The number of ether oxygens (including phenoxy) is 1. The van der Waals surface area contributed by atoms with Crippen molar-refractivity contribution in [2.45, 2.75) is 26.2 Å². The first-order valence-electron chi connectivity index (χ1n) is 10.2. The minimum absolute atomic E-state index is 0.0633. The van der Waals surface area contributed by atoms with Crippen molar-refractivity contribution >= 4 is 29.3 Å². The van der Waals surface area contributed by atoms with Crippen LogP contribution in [0.1, 0.15) is 46.9 Å². The maximum Gasteiger partial charge on any atom is 0.343 e. The van der Waals surface area contributed by atoms with Crippen LogP contribution in [0.15, 0.2) is 48.5 Å². The lowest BCUT2D eigenvalue weighted by atomic mass is 9.81. The molecule has 5 rings (SSSR count). The summed E-state index contributed by atoms with van der Waals surface area (Å²) < 4.78 is 5.34. The van der Waals surface area contributed by atoms with Crippen molar-refractivity contribution in [1.29, 1.82) is 0 Å². The number of carbonyl (C=O) groups is 4.